The van der Waals surface area contributed by atoms with Gasteiger partial charge in [-0.2, -0.15) is 5.10 Å². The summed E-state index contributed by atoms with van der Waals surface area (Å²) < 4.78 is 7.72. The van der Waals surface area contributed by atoms with Crippen LogP contribution in [0, 0.1) is 0 Å². The van der Waals surface area contributed by atoms with Crippen molar-refractivity contribution in [3.8, 4) is 0 Å². The van der Waals surface area contributed by atoms with E-state index in [0.29, 0.717) is 12.0 Å². The number of oxazole rings is 1. The number of nitrogens with zero attached hydrogens (tertiary/aromatic N) is 3. The first-order valence-electron chi connectivity index (χ1n) is 7.50. The number of nitrogens with one attached hydrogen (secondary N) is 1. The standard InChI is InChI=1S/C15H20N4O/c1-19-9-12-13(3-2-4-14(12)18-19)16-7-11-8-17-15(20-11)10-5-6-10/h8-10,13,16H,2-7H2,1H3. The van der Waals surface area contributed by atoms with Gasteiger partial charge in [0.15, 0.2) is 5.89 Å². The van der Waals surface area contributed by atoms with Crippen molar-refractivity contribution in [2.75, 3.05) is 0 Å². The molecule has 20 heavy (non-hydrogen) atoms. The smallest absolute Gasteiger partial charge is 0.197 e. The third-order valence-electron chi connectivity index (χ3n) is 4.24. The van der Waals surface area contributed by atoms with Gasteiger partial charge in [0.2, 0.25) is 0 Å². The Morgan fingerprint density at radius 2 is 2.30 bits per heavy atom. The predicted octanol–water partition coefficient (Wildman–Crippen LogP) is 2.45. The van der Waals surface area contributed by atoms with E-state index in [1.807, 2.05) is 17.9 Å². The molecular formula is C15H20N4O. The van der Waals surface area contributed by atoms with Crippen LogP contribution in [0.2, 0.25) is 0 Å². The highest BCUT2D eigenvalue weighted by molar-refractivity contribution is 5.24. The van der Waals surface area contributed by atoms with E-state index in [9.17, 15) is 0 Å². The van der Waals surface area contributed by atoms with Crippen molar-refractivity contribution in [3.05, 3.63) is 35.3 Å². The van der Waals surface area contributed by atoms with Crippen LogP contribution in [0.25, 0.3) is 0 Å². The quantitative estimate of drug-likeness (QED) is 0.929. The topological polar surface area (TPSA) is 55.9 Å². The molecule has 2 aliphatic rings. The molecule has 1 saturated carbocycles. The Morgan fingerprint density at radius 1 is 1.40 bits per heavy atom. The van der Waals surface area contributed by atoms with Gasteiger partial charge < -0.3 is 9.73 Å². The molecule has 1 atom stereocenters. The van der Waals surface area contributed by atoms with Crippen LogP contribution < -0.4 is 5.32 Å². The molecule has 2 heterocycles. The van der Waals surface area contributed by atoms with E-state index in [4.69, 9.17) is 4.42 Å². The zero-order chi connectivity index (χ0) is 13.5. The first-order chi connectivity index (χ1) is 9.79. The van der Waals surface area contributed by atoms with E-state index >= 15 is 0 Å². The van der Waals surface area contributed by atoms with Crippen molar-refractivity contribution in [1.29, 1.82) is 0 Å². The van der Waals surface area contributed by atoms with Crippen LogP contribution in [0.1, 0.15) is 60.6 Å². The fourth-order valence-corrected chi connectivity index (χ4v) is 3.03. The van der Waals surface area contributed by atoms with Gasteiger partial charge in [-0.05, 0) is 32.1 Å². The molecular weight excluding hydrogens is 252 g/mol. The first-order valence-corrected chi connectivity index (χ1v) is 7.50. The summed E-state index contributed by atoms with van der Waals surface area (Å²) in [5.41, 5.74) is 2.59. The fourth-order valence-electron chi connectivity index (χ4n) is 3.03. The maximum atomic E-state index is 5.80. The maximum Gasteiger partial charge on any atom is 0.197 e. The molecule has 1 fully saturated rings. The minimum atomic E-state index is 0.391. The Morgan fingerprint density at radius 3 is 3.15 bits per heavy atom. The monoisotopic (exact) mass is 272 g/mol. The Hall–Kier alpha value is -1.62. The van der Waals surface area contributed by atoms with Crippen molar-refractivity contribution in [2.24, 2.45) is 7.05 Å². The second kappa shape index (κ2) is 4.74. The van der Waals surface area contributed by atoms with E-state index in [0.717, 1.165) is 24.6 Å². The minimum absolute atomic E-state index is 0.391. The van der Waals surface area contributed by atoms with Crippen LogP contribution in [0.5, 0.6) is 0 Å². The fraction of sp³-hybridized carbons (Fsp3) is 0.600. The molecule has 2 aliphatic carbocycles. The number of rotatable bonds is 4. The normalized spacial score (nSPS) is 21.9. The summed E-state index contributed by atoms with van der Waals surface area (Å²) in [6.45, 7) is 0.749. The van der Waals surface area contributed by atoms with Crippen molar-refractivity contribution in [3.63, 3.8) is 0 Å². The lowest BCUT2D eigenvalue weighted by Crippen LogP contribution is -2.24. The van der Waals surface area contributed by atoms with Crippen LogP contribution in [0.4, 0.5) is 0 Å². The van der Waals surface area contributed by atoms with Gasteiger partial charge >= 0.3 is 0 Å². The molecule has 0 saturated heterocycles. The van der Waals surface area contributed by atoms with Crippen molar-refractivity contribution in [2.45, 2.75) is 50.6 Å². The lowest BCUT2D eigenvalue weighted by molar-refractivity contribution is 0.400. The Labute approximate surface area is 118 Å². The van der Waals surface area contributed by atoms with E-state index in [1.165, 1.54) is 36.9 Å². The molecule has 5 heteroatoms. The van der Waals surface area contributed by atoms with Crippen LogP contribution in [0.3, 0.4) is 0 Å². The van der Waals surface area contributed by atoms with Gasteiger partial charge in [0.05, 0.1) is 18.4 Å². The van der Waals surface area contributed by atoms with Gasteiger partial charge in [-0.15, -0.1) is 0 Å². The minimum Gasteiger partial charge on any atom is -0.444 e. The molecule has 0 aromatic carbocycles. The molecule has 0 amide bonds. The van der Waals surface area contributed by atoms with Gasteiger partial charge in [-0.1, -0.05) is 0 Å². The second-order valence-electron chi connectivity index (χ2n) is 5.97. The van der Waals surface area contributed by atoms with E-state index in [-0.39, 0.29) is 0 Å². The molecule has 4 rings (SSSR count). The summed E-state index contributed by atoms with van der Waals surface area (Å²) in [7, 11) is 1.99. The summed E-state index contributed by atoms with van der Waals surface area (Å²) in [6.07, 6.45) is 9.94. The zero-order valence-electron chi connectivity index (χ0n) is 11.8. The summed E-state index contributed by atoms with van der Waals surface area (Å²) in [6, 6.07) is 0.391. The largest absolute Gasteiger partial charge is 0.444 e. The van der Waals surface area contributed by atoms with Gasteiger partial charge in [0.25, 0.3) is 0 Å². The highest BCUT2D eigenvalue weighted by Crippen LogP contribution is 2.39. The van der Waals surface area contributed by atoms with E-state index in [2.05, 4.69) is 21.6 Å². The molecule has 1 unspecified atom stereocenters. The molecule has 106 valence electrons. The number of aromatic nitrogens is 3. The van der Waals surface area contributed by atoms with Crippen molar-refractivity contribution < 1.29 is 4.42 Å². The SMILES string of the molecule is Cn1cc2c(n1)CCCC2NCc1cnc(C2CC2)o1. The molecule has 5 nitrogen and oxygen atoms in total. The molecule has 0 aliphatic heterocycles. The third kappa shape index (κ3) is 2.26. The van der Waals surface area contributed by atoms with Gasteiger partial charge in [-0.3, -0.25) is 4.68 Å². The number of aryl methyl sites for hydroxylation is 2. The van der Waals surface area contributed by atoms with Gasteiger partial charge in [0.1, 0.15) is 5.76 Å². The average Bonchev–Trinajstić information content (AvgIpc) is 3.05. The highest BCUT2D eigenvalue weighted by Gasteiger charge is 2.28. The molecule has 2 aromatic rings. The van der Waals surface area contributed by atoms with Gasteiger partial charge in [0, 0.05) is 30.8 Å². The lowest BCUT2D eigenvalue weighted by atomic mass is 9.93. The predicted molar refractivity (Wildman–Crippen MR) is 74.2 cm³/mol. The maximum absolute atomic E-state index is 5.80. The van der Waals surface area contributed by atoms with Crippen LogP contribution in [-0.2, 0) is 20.0 Å². The Balaban J connectivity index is 1.43. The Bertz CT molecular complexity index is 611. The molecule has 0 bridgehead atoms. The second-order valence-corrected chi connectivity index (χ2v) is 5.97. The van der Waals surface area contributed by atoms with Crippen LogP contribution in [-0.4, -0.2) is 14.8 Å². The molecule has 2 aromatic heterocycles. The van der Waals surface area contributed by atoms with Crippen LogP contribution >= 0.6 is 0 Å². The van der Waals surface area contributed by atoms with Crippen LogP contribution in [0.15, 0.2) is 16.8 Å². The average molecular weight is 272 g/mol. The first kappa shape index (κ1) is 12.1. The molecule has 0 radical (unpaired) electrons. The molecule has 1 N–H and O–H groups in total. The summed E-state index contributed by atoms with van der Waals surface area (Å²) in [5.74, 6) is 2.46. The van der Waals surface area contributed by atoms with E-state index < -0.39 is 0 Å². The third-order valence-corrected chi connectivity index (χ3v) is 4.24. The Kier molecular flexibility index (Phi) is 2.88. The lowest BCUT2D eigenvalue weighted by Gasteiger charge is -2.22. The van der Waals surface area contributed by atoms with Gasteiger partial charge in [-0.25, -0.2) is 4.98 Å². The summed E-state index contributed by atoms with van der Waals surface area (Å²) >= 11 is 0. The summed E-state index contributed by atoms with van der Waals surface area (Å²) in [4.78, 5) is 4.37. The van der Waals surface area contributed by atoms with E-state index in [1.54, 1.807) is 0 Å². The zero-order valence-corrected chi connectivity index (χ0v) is 11.8. The number of hydrogen-bond donors (Lipinski definition) is 1. The highest BCUT2D eigenvalue weighted by atomic mass is 16.4. The number of fused-ring (bicyclic) bond motifs is 1. The molecule has 0 spiro atoms. The van der Waals surface area contributed by atoms with Crippen molar-refractivity contribution in [1.82, 2.24) is 20.1 Å². The number of hydrogen-bond acceptors (Lipinski definition) is 4. The summed E-state index contributed by atoms with van der Waals surface area (Å²) in [5, 5.41) is 8.13. The van der Waals surface area contributed by atoms with Crippen molar-refractivity contribution >= 4 is 0 Å².